The van der Waals surface area contributed by atoms with E-state index in [-0.39, 0.29) is 0 Å². The van der Waals surface area contributed by atoms with Gasteiger partial charge in [0.05, 0.1) is 11.1 Å². The molecule has 0 unspecified atom stereocenters. The molecule has 1 rings (SSSR count). The van der Waals surface area contributed by atoms with Crippen molar-refractivity contribution in [2.75, 3.05) is 0 Å². The molecule has 1 saturated heterocycles. The van der Waals surface area contributed by atoms with Crippen LogP contribution in [0.15, 0.2) is 23.3 Å². The van der Waals surface area contributed by atoms with Crippen LogP contribution in [0.5, 0.6) is 0 Å². The molecule has 0 N–H and O–H groups in total. The molecule has 3 nitrogen and oxygen atoms in total. The molecule has 0 aromatic rings. The van der Waals surface area contributed by atoms with Crippen LogP contribution < -0.4 is 0 Å². The van der Waals surface area contributed by atoms with Gasteiger partial charge in [-0.15, -0.1) is 0 Å². The van der Waals surface area contributed by atoms with Crippen molar-refractivity contribution in [1.82, 2.24) is 0 Å². The van der Waals surface area contributed by atoms with Crippen molar-refractivity contribution in [3.63, 3.8) is 0 Å². The second kappa shape index (κ2) is 3.34. The largest absolute Gasteiger partial charge is 0.386 e. The van der Waals surface area contributed by atoms with Gasteiger partial charge < -0.3 is 4.74 Å². The van der Waals surface area contributed by atoms with Gasteiger partial charge in [0.2, 0.25) is 0 Å². The van der Waals surface area contributed by atoms with E-state index in [1.807, 2.05) is 6.92 Å². The normalized spacial score (nSPS) is 23.8. The molecule has 0 radical (unpaired) electrons. The molecule has 0 aromatic heterocycles. The summed E-state index contributed by atoms with van der Waals surface area (Å²) in [5.41, 5.74) is 0.770. The number of ether oxygens (including phenoxy) is 1. The highest BCUT2D eigenvalue weighted by molar-refractivity contribution is 6.18. The SMILES string of the molecule is CC=C1C(=O)OC(=O)C1=CCC. The molecule has 1 fully saturated rings. The van der Waals surface area contributed by atoms with Crippen LogP contribution in [0, 0.1) is 0 Å². The third-order valence-corrected chi connectivity index (χ3v) is 1.61. The summed E-state index contributed by atoms with van der Waals surface area (Å²) in [5.74, 6) is -1.07. The minimum absolute atomic E-state index is 0.377. The van der Waals surface area contributed by atoms with E-state index in [0.717, 1.165) is 6.42 Å². The zero-order valence-corrected chi connectivity index (χ0v) is 7.09. The van der Waals surface area contributed by atoms with Crippen LogP contribution in [0.4, 0.5) is 0 Å². The van der Waals surface area contributed by atoms with Gasteiger partial charge in [0.15, 0.2) is 0 Å². The van der Waals surface area contributed by atoms with Crippen LogP contribution in [0.2, 0.25) is 0 Å². The van der Waals surface area contributed by atoms with Crippen LogP contribution in [0.3, 0.4) is 0 Å². The summed E-state index contributed by atoms with van der Waals surface area (Å²) in [6, 6.07) is 0. The van der Waals surface area contributed by atoms with E-state index >= 15 is 0 Å². The first-order valence-corrected chi connectivity index (χ1v) is 3.84. The summed E-state index contributed by atoms with van der Waals surface area (Å²) in [6.45, 7) is 3.61. The molecule has 0 spiro atoms. The highest BCUT2D eigenvalue weighted by Crippen LogP contribution is 2.21. The van der Waals surface area contributed by atoms with Gasteiger partial charge in [-0.1, -0.05) is 19.1 Å². The number of carbonyl (C=O) groups excluding carboxylic acids is 2. The van der Waals surface area contributed by atoms with Crippen molar-refractivity contribution in [3.05, 3.63) is 23.3 Å². The maximum atomic E-state index is 11.0. The number of esters is 2. The van der Waals surface area contributed by atoms with E-state index in [4.69, 9.17) is 0 Å². The molecular weight excluding hydrogens is 156 g/mol. The fraction of sp³-hybridized carbons (Fsp3) is 0.333. The van der Waals surface area contributed by atoms with Gasteiger partial charge in [-0.25, -0.2) is 9.59 Å². The number of cyclic esters (lactones) is 2. The second-order valence-corrected chi connectivity index (χ2v) is 2.41. The molecule has 1 aliphatic rings. The predicted molar refractivity (Wildman–Crippen MR) is 43.2 cm³/mol. The minimum atomic E-state index is -0.540. The average molecular weight is 166 g/mol. The molecule has 1 aliphatic heterocycles. The lowest BCUT2D eigenvalue weighted by Crippen LogP contribution is -1.96. The summed E-state index contributed by atoms with van der Waals surface area (Å²) in [4.78, 5) is 21.9. The monoisotopic (exact) mass is 166 g/mol. The van der Waals surface area contributed by atoms with Gasteiger partial charge in [-0.2, -0.15) is 0 Å². The third-order valence-electron chi connectivity index (χ3n) is 1.61. The van der Waals surface area contributed by atoms with E-state index in [1.54, 1.807) is 19.1 Å². The molecule has 0 atom stereocenters. The van der Waals surface area contributed by atoms with Gasteiger partial charge in [0.25, 0.3) is 0 Å². The maximum Gasteiger partial charge on any atom is 0.346 e. The van der Waals surface area contributed by atoms with E-state index in [1.165, 1.54) is 0 Å². The fourth-order valence-electron chi connectivity index (χ4n) is 1.08. The molecule has 0 bridgehead atoms. The Bertz CT molecular complexity index is 284. The van der Waals surface area contributed by atoms with Crippen LogP contribution in [-0.2, 0) is 14.3 Å². The molecule has 0 amide bonds. The number of carbonyl (C=O) groups is 2. The topological polar surface area (TPSA) is 43.4 Å². The van der Waals surface area contributed by atoms with Crippen molar-refractivity contribution in [1.29, 1.82) is 0 Å². The van der Waals surface area contributed by atoms with Crippen LogP contribution in [-0.4, -0.2) is 11.9 Å². The molecule has 0 aromatic carbocycles. The lowest BCUT2D eigenvalue weighted by atomic mass is 10.1. The number of rotatable bonds is 1. The standard InChI is InChI=1S/C9H10O3/c1-3-5-7-6(4-2)8(10)12-9(7)11/h4-5H,3H2,1-2H3. The van der Waals surface area contributed by atoms with E-state index in [2.05, 4.69) is 4.74 Å². The molecule has 1 heterocycles. The summed E-state index contributed by atoms with van der Waals surface area (Å²) in [6.07, 6.45) is 4.01. The maximum absolute atomic E-state index is 11.0. The molecule has 3 heteroatoms. The third kappa shape index (κ3) is 1.30. The van der Waals surface area contributed by atoms with Gasteiger partial charge in [-0.3, -0.25) is 0 Å². The van der Waals surface area contributed by atoms with Crippen molar-refractivity contribution in [2.45, 2.75) is 20.3 Å². The first kappa shape index (κ1) is 8.71. The van der Waals surface area contributed by atoms with Crippen LogP contribution in [0.25, 0.3) is 0 Å². The smallest absolute Gasteiger partial charge is 0.346 e. The van der Waals surface area contributed by atoms with Gasteiger partial charge in [-0.05, 0) is 13.3 Å². The Morgan fingerprint density at radius 1 is 1.25 bits per heavy atom. The minimum Gasteiger partial charge on any atom is -0.386 e. The Hall–Kier alpha value is -1.38. The Morgan fingerprint density at radius 2 is 1.83 bits per heavy atom. The lowest BCUT2D eigenvalue weighted by Gasteiger charge is -1.88. The number of hydrogen-bond acceptors (Lipinski definition) is 3. The van der Waals surface area contributed by atoms with Crippen molar-refractivity contribution >= 4 is 11.9 Å². The predicted octanol–water partition coefficient (Wildman–Crippen LogP) is 1.35. The number of allylic oxidation sites excluding steroid dienone is 2. The van der Waals surface area contributed by atoms with Crippen LogP contribution >= 0.6 is 0 Å². The first-order chi connectivity index (χ1) is 5.70. The Kier molecular flexibility index (Phi) is 2.43. The summed E-state index contributed by atoms with van der Waals surface area (Å²) in [5, 5.41) is 0. The fourth-order valence-corrected chi connectivity index (χ4v) is 1.08. The molecule has 0 saturated carbocycles. The van der Waals surface area contributed by atoms with Crippen molar-refractivity contribution < 1.29 is 14.3 Å². The van der Waals surface area contributed by atoms with E-state index in [0.29, 0.717) is 11.1 Å². The highest BCUT2D eigenvalue weighted by atomic mass is 16.6. The molecule has 12 heavy (non-hydrogen) atoms. The van der Waals surface area contributed by atoms with Crippen molar-refractivity contribution in [3.8, 4) is 0 Å². The van der Waals surface area contributed by atoms with Gasteiger partial charge in [0.1, 0.15) is 0 Å². The first-order valence-electron chi connectivity index (χ1n) is 3.84. The van der Waals surface area contributed by atoms with Gasteiger partial charge >= 0.3 is 11.9 Å². The molecule has 0 aliphatic carbocycles. The number of hydrogen-bond donors (Lipinski definition) is 0. The Morgan fingerprint density at radius 3 is 2.33 bits per heavy atom. The zero-order chi connectivity index (χ0) is 9.14. The Labute approximate surface area is 70.7 Å². The summed E-state index contributed by atoms with van der Waals surface area (Å²) < 4.78 is 4.42. The lowest BCUT2D eigenvalue weighted by molar-refractivity contribution is -0.149. The second-order valence-electron chi connectivity index (χ2n) is 2.41. The van der Waals surface area contributed by atoms with Crippen LogP contribution in [0.1, 0.15) is 20.3 Å². The summed E-state index contributed by atoms with van der Waals surface area (Å²) >= 11 is 0. The average Bonchev–Trinajstić information content (AvgIpc) is 2.28. The summed E-state index contributed by atoms with van der Waals surface area (Å²) in [7, 11) is 0. The quantitative estimate of drug-likeness (QED) is 0.335. The van der Waals surface area contributed by atoms with Gasteiger partial charge in [0, 0.05) is 0 Å². The van der Waals surface area contributed by atoms with E-state index in [9.17, 15) is 9.59 Å². The zero-order valence-electron chi connectivity index (χ0n) is 7.09. The molecule has 64 valence electrons. The van der Waals surface area contributed by atoms with Crippen molar-refractivity contribution in [2.24, 2.45) is 0 Å². The van der Waals surface area contributed by atoms with E-state index < -0.39 is 11.9 Å². The Balaban J connectivity index is 3.07. The highest BCUT2D eigenvalue weighted by Gasteiger charge is 2.31. The molecular formula is C9H10O3.